The number of nitrogens with zero attached hydrogens (tertiary/aromatic N) is 2. The molecule has 0 saturated carbocycles. The van der Waals surface area contributed by atoms with Crippen molar-refractivity contribution in [2.75, 3.05) is 32.5 Å². The first-order chi connectivity index (χ1) is 14.9. The van der Waals surface area contributed by atoms with Crippen LogP contribution in [0.3, 0.4) is 0 Å². The Kier molecular flexibility index (Phi) is 12.5. The third-order valence-electron chi connectivity index (χ3n) is 4.07. The number of alkyl halides is 2. The number of hydrogen-bond acceptors (Lipinski definition) is 4. The SMILES string of the molecule is CCNC(=NCc1cccc(NC(=O)CN(C)C)c1)NCc1ccccc1OC(F)F.I. The minimum absolute atomic E-state index is 0. The molecule has 176 valence electrons. The highest BCUT2D eigenvalue weighted by Gasteiger charge is 2.10. The summed E-state index contributed by atoms with van der Waals surface area (Å²) >= 11 is 0. The van der Waals surface area contributed by atoms with Crippen LogP contribution in [0.1, 0.15) is 18.1 Å². The number of ether oxygens (including phenoxy) is 1. The second kappa shape index (κ2) is 14.6. The summed E-state index contributed by atoms with van der Waals surface area (Å²) in [6, 6.07) is 14.1. The lowest BCUT2D eigenvalue weighted by Crippen LogP contribution is -2.36. The fraction of sp³-hybridized carbons (Fsp3) is 0.364. The van der Waals surface area contributed by atoms with Crippen molar-refractivity contribution in [3.05, 3.63) is 59.7 Å². The van der Waals surface area contributed by atoms with Crippen LogP contribution >= 0.6 is 24.0 Å². The van der Waals surface area contributed by atoms with Gasteiger partial charge in [-0.05, 0) is 44.8 Å². The summed E-state index contributed by atoms with van der Waals surface area (Å²) in [7, 11) is 3.66. The molecule has 7 nitrogen and oxygen atoms in total. The van der Waals surface area contributed by atoms with Crippen LogP contribution in [0, 0.1) is 0 Å². The van der Waals surface area contributed by atoms with Crippen molar-refractivity contribution in [3.63, 3.8) is 0 Å². The smallest absolute Gasteiger partial charge is 0.387 e. The Morgan fingerprint density at radius 3 is 2.56 bits per heavy atom. The maximum Gasteiger partial charge on any atom is 0.387 e. The van der Waals surface area contributed by atoms with E-state index in [4.69, 9.17) is 0 Å². The number of halogens is 3. The van der Waals surface area contributed by atoms with Crippen LogP contribution in [0.25, 0.3) is 0 Å². The zero-order chi connectivity index (χ0) is 22.6. The average Bonchev–Trinajstić information content (AvgIpc) is 2.70. The number of benzene rings is 2. The number of carbonyl (C=O) groups excluding carboxylic acids is 1. The van der Waals surface area contributed by atoms with Crippen molar-refractivity contribution in [1.82, 2.24) is 15.5 Å². The Labute approximate surface area is 204 Å². The summed E-state index contributed by atoms with van der Waals surface area (Å²) in [6.45, 7) is 0.645. The van der Waals surface area contributed by atoms with E-state index in [1.54, 1.807) is 23.1 Å². The normalized spacial score (nSPS) is 11.2. The predicted molar refractivity (Wildman–Crippen MR) is 134 cm³/mol. The minimum Gasteiger partial charge on any atom is -0.434 e. The molecule has 0 aliphatic carbocycles. The lowest BCUT2D eigenvalue weighted by atomic mass is 10.2. The number of carbonyl (C=O) groups is 1. The van der Waals surface area contributed by atoms with E-state index in [1.807, 2.05) is 45.3 Å². The second-order valence-corrected chi connectivity index (χ2v) is 7.02. The Bertz CT molecular complexity index is 881. The molecule has 0 aliphatic rings. The van der Waals surface area contributed by atoms with Gasteiger partial charge < -0.3 is 25.6 Å². The van der Waals surface area contributed by atoms with Gasteiger partial charge in [-0.3, -0.25) is 4.79 Å². The van der Waals surface area contributed by atoms with Gasteiger partial charge in [0.05, 0.1) is 13.1 Å². The summed E-state index contributed by atoms with van der Waals surface area (Å²) in [5.74, 6) is 0.573. The van der Waals surface area contributed by atoms with Gasteiger partial charge in [0.25, 0.3) is 0 Å². The molecule has 2 aromatic rings. The zero-order valence-corrected chi connectivity index (χ0v) is 20.7. The molecule has 32 heavy (non-hydrogen) atoms. The predicted octanol–water partition coefficient (Wildman–Crippen LogP) is 3.66. The molecule has 1 amide bonds. The van der Waals surface area contributed by atoms with Gasteiger partial charge in [0, 0.05) is 24.3 Å². The molecule has 0 saturated heterocycles. The molecule has 0 unspecified atom stereocenters. The standard InChI is InChI=1S/C22H29F2N5O2.HI/c1-4-25-22(27-14-17-9-5-6-11-19(17)31-21(23)24)26-13-16-8-7-10-18(12-16)28-20(30)15-29(2)3;/h5-12,21H,4,13-15H2,1-3H3,(H,28,30)(H2,25,26,27);1H. The van der Waals surface area contributed by atoms with Crippen LogP contribution in [0.4, 0.5) is 14.5 Å². The van der Waals surface area contributed by atoms with Gasteiger partial charge in [-0.2, -0.15) is 8.78 Å². The van der Waals surface area contributed by atoms with E-state index in [0.717, 1.165) is 5.56 Å². The van der Waals surface area contributed by atoms with E-state index in [9.17, 15) is 13.6 Å². The second-order valence-electron chi connectivity index (χ2n) is 7.02. The Hall–Kier alpha value is -2.47. The number of likely N-dealkylation sites (N-methyl/N-ethyl adjacent to an activating group) is 1. The molecule has 0 heterocycles. The van der Waals surface area contributed by atoms with E-state index in [1.165, 1.54) is 6.07 Å². The third-order valence-corrected chi connectivity index (χ3v) is 4.07. The number of rotatable bonds is 10. The Morgan fingerprint density at radius 2 is 1.88 bits per heavy atom. The molecule has 0 aromatic heterocycles. The van der Waals surface area contributed by atoms with Gasteiger partial charge in [-0.15, -0.1) is 24.0 Å². The molecule has 0 spiro atoms. The molecule has 2 aromatic carbocycles. The van der Waals surface area contributed by atoms with Crippen molar-refractivity contribution in [2.45, 2.75) is 26.6 Å². The van der Waals surface area contributed by atoms with Gasteiger partial charge >= 0.3 is 6.61 Å². The van der Waals surface area contributed by atoms with Crippen LogP contribution in [0.5, 0.6) is 5.75 Å². The topological polar surface area (TPSA) is 78.0 Å². The first-order valence-electron chi connectivity index (χ1n) is 9.95. The van der Waals surface area contributed by atoms with Crippen molar-refractivity contribution < 1.29 is 18.3 Å². The van der Waals surface area contributed by atoms with E-state index in [-0.39, 0.29) is 42.2 Å². The largest absolute Gasteiger partial charge is 0.434 e. The van der Waals surface area contributed by atoms with Crippen molar-refractivity contribution in [3.8, 4) is 5.75 Å². The van der Waals surface area contributed by atoms with E-state index >= 15 is 0 Å². The molecular weight excluding hydrogens is 531 g/mol. The number of guanidine groups is 1. The van der Waals surface area contributed by atoms with E-state index in [2.05, 4.69) is 25.7 Å². The summed E-state index contributed by atoms with van der Waals surface area (Å²) in [5, 5.41) is 9.11. The number of nitrogens with one attached hydrogen (secondary N) is 3. The quantitative estimate of drug-likeness (QED) is 0.235. The first-order valence-corrected chi connectivity index (χ1v) is 9.95. The summed E-state index contributed by atoms with van der Waals surface area (Å²) in [6.07, 6.45) is 0. The van der Waals surface area contributed by atoms with Gasteiger partial charge in [0.15, 0.2) is 5.96 Å². The summed E-state index contributed by atoms with van der Waals surface area (Å²) in [4.78, 5) is 18.3. The number of anilines is 1. The molecule has 10 heteroatoms. The van der Waals surface area contributed by atoms with Crippen molar-refractivity contribution >= 4 is 41.5 Å². The molecule has 3 N–H and O–H groups in total. The van der Waals surface area contributed by atoms with Gasteiger partial charge in [0.2, 0.25) is 5.91 Å². The summed E-state index contributed by atoms with van der Waals surface area (Å²) < 4.78 is 29.8. The molecule has 0 fully saturated rings. The maximum atomic E-state index is 12.6. The average molecular weight is 561 g/mol. The van der Waals surface area contributed by atoms with Gasteiger partial charge in [-0.1, -0.05) is 30.3 Å². The van der Waals surface area contributed by atoms with Gasteiger partial charge in [0.1, 0.15) is 5.75 Å². The van der Waals surface area contributed by atoms with Crippen LogP contribution in [-0.4, -0.2) is 50.6 Å². The molecule has 2 rings (SSSR count). The highest BCUT2D eigenvalue weighted by Crippen LogP contribution is 2.20. The van der Waals surface area contributed by atoms with E-state index < -0.39 is 6.61 Å². The van der Waals surface area contributed by atoms with Crippen molar-refractivity contribution in [1.29, 1.82) is 0 Å². The van der Waals surface area contributed by atoms with Crippen LogP contribution in [-0.2, 0) is 17.9 Å². The monoisotopic (exact) mass is 561 g/mol. The number of para-hydroxylation sites is 1. The third kappa shape index (κ3) is 10.2. The number of amides is 1. The van der Waals surface area contributed by atoms with E-state index in [0.29, 0.717) is 36.8 Å². The van der Waals surface area contributed by atoms with Crippen LogP contribution in [0.2, 0.25) is 0 Å². The summed E-state index contributed by atoms with van der Waals surface area (Å²) in [5.41, 5.74) is 2.22. The fourth-order valence-corrected chi connectivity index (χ4v) is 2.79. The fourth-order valence-electron chi connectivity index (χ4n) is 2.79. The lowest BCUT2D eigenvalue weighted by molar-refractivity contribution is -0.116. The van der Waals surface area contributed by atoms with Crippen LogP contribution < -0.4 is 20.7 Å². The Morgan fingerprint density at radius 1 is 1.12 bits per heavy atom. The van der Waals surface area contributed by atoms with Crippen LogP contribution in [0.15, 0.2) is 53.5 Å². The Balaban J connectivity index is 0.00000512. The first kappa shape index (κ1) is 27.6. The van der Waals surface area contributed by atoms with Crippen molar-refractivity contribution in [2.24, 2.45) is 4.99 Å². The molecular formula is C22H30F2IN5O2. The number of hydrogen-bond donors (Lipinski definition) is 3. The van der Waals surface area contributed by atoms with Gasteiger partial charge in [-0.25, -0.2) is 4.99 Å². The highest BCUT2D eigenvalue weighted by atomic mass is 127. The lowest BCUT2D eigenvalue weighted by Gasteiger charge is -2.14. The highest BCUT2D eigenvalue weighted by molar-refractivity contribution is 14.0. The molecule has 0 radical (unpaired) electrons. The minimum atomic E-state index is -2.88. The molecule has 0 bridgehead atoms. The molecule has 0 aliphatic heterocycles. The zero-order valence-electron chi connectivity index (χ0n) is 18.4. The maximum absolute atomic E-state index is 12.6. The molecule has 0 atom stereocenters. The number of aliphatic imine (C=N–C) groups is 1.